The fraction of sp³-hybridized carbons (Fsp3) is 0.444. The smallest absolute Gasteiger partial charge is 0.360 e. The Kier molecular flexibility index (Phi) is 4.92. The lowest BCUT2D eigenvalue weighted by molar-refractivity contribution is -0.137. The average molecular weight is 401 g/mol. The van der Waals surface area contributed by atoms with Crippen LogP contribution in [0.5, 0.6) is 0 Å². The van der Waals surface area contributed by atoms with E-state index in [1.807, 2.05) is 0 Å². The summed E-state index contributed by atoms with van der Waals surface area (Å²) in [6.45, 7) is 3.02. The first-order chi connectivity index (χ1) is 12.6. The molecule has 146 valence electrons. The molecule has 0 N–H and O–H groups in total. The summed E-state index contributed by atoms with van der Waals surface area (Å²) in [6, 6.07) is 2.18. The van der Waals surface area contributed by atoms with E-state index < -0.39 is 37.5 Å². The van der Waals surface area contributed by atoms with Crippen LogP contribution in [0.15, 0.2) is 33.8 Å². The lowest BCUT2D eigenvalue weighted by atomic mass is 10.0. The van der Waals surface area contributed by atoms with E-state index in [0.717, 1.165) is 18.9 Å². The fourth-order valence-electron chi connectivity index (χ4n) is 2.76. The summed E-state index contributed by atoms with van der Waals surface area (Å²) in [7, 11) is -4.13. The highest BCUT2D eigenvalue weighted by atomic mass is 32.2. The second kappa shape index (κ2) is 6.78. The quantitative estimate of drug-likeness (QED) is 0.672. The number of carbonyl (C=O) groups excluding carboxylic acids is 1. The number of nitrogens with zero attached hydrogens (tertiary/aromatic N) is 1. The molecule has 1 aliphatic rings. The Labute approximate surface area is 154 Å². The number of hydrogen-bond donors (Lipinski definition) is 0. The van der Waals surface area contributed by atoms with Gasteiger partial charge in [0.25, 0.3) is 0 Å². The second-order valence-electron chi connectivity index (χ2n) is 6.68. The first-order valence-corrected chi connectivity index (χ1v) is 10.1. The van der Waals surface area contributed by atoms with Gasteiger partial charge in [-0.1, -0.05) is 12.1 Å². The molecule has 1 aromatic heterocycles. The molecule has 1 atom stereocenters. The van der Waals surface area contributed by atoms with Crippen LogP contribution < -0.4 is 0 Å². The van der Waals surface area contributed by atoms with Gasteiger partial charge in [0.15, 0.2) is 21.4 Å². The van der Waals surface area contributed by atoms with Crippen molar-refractivity contribution in [3.8, 4) is 0 Å². The summed E-state index contributed by atoms with van der Waals surface area (Å²) in [5.74, 6) is -0.309. The van der Waals surface area contributed by atoms with Crippen molar-refractivity contribution in [1.82, 2.24) is 5.16 Å². The number of halogens is 3. The van der Waals surface area contributed by atoms with Crippen LogP contribution in [0.2, 0.25) is 0 Å². The normalized spacial score (nSPS) is 16.3. The van der Waals surface area contributed by atoms with E-state index >= 15 is 0 Å². The van der Waals surface area contributed by atoms with E-state index in [2.05, 4.69) is 5.16 Å². The van der Waals surface area contributed by atoms with Crippen molar-refractivity contribution in [3.05, 3.63) is 46.8 Å². The molecule has 1 fully saturated rings. The largest absolute Gasteiger partial charge is 0.416 e. The number of ketones is 1. The van der Waals surface area contributed by atoms with Gasteiger partial charge < -0.3 is 4.52 Å². The van der Waals surface area contributed by atoms with Crippen LogP contribution in [0, 0.1) is 0 Å². The third kappa shape index (κ3) is 3.65. The summed E-state index contributed by atoms with van der Waals surface area (Å²) in [5.41, 5.74) is -1.32. The maximum atomic E-state index is 13.1. The molecule has 0 spiro atoms. The van der Waals surface area contributed by atoms with Crippen molar-refractivity contribution < 1.29 is 30.9 Å². The number of aromatic nitrogens is 1. The van der Waals surface area contributed by atoms with Crippen LogP contribution in [0.1, 0.15) is 66.3 Å². The first kappa shape index (κ1) is 19.6. The molecule has 27 heavy (non-hydrogen) atoms. The lowest BCUT2D eigenvalue weighted by Gasteiger charge is -2.16. The molecule has 1 aromatic carbocycles. The molecular weight excluding hydrogens is 383 g/mol. The van der Waals surface area contributed by atoms with Crippen molar-refractivity contribution in [2.75, 3.05) is 0 Å². The van der Waals surface area contributed by atoms with Crippen LogP contribution >= 0.6 is 0 Å². The van der Waals surface area contributed by atoms with Gasteiger partial charge in [0.1, 0.15) is 0 Å². The minimum Gasteiger partial charge on any atom is -0.360 e. The summed E-state index contributed by atoms with van der Waals surface area (Å²) in [6.07, 6.45) is -1.70. The fourth-order valence-corrected chi connectivity index (χ4v) is 4.39. The Morgan fingerprint density at radius 2 is 1.96 bits per heavy atom. The zero-order valence-electron chi connectivity index (χ0n) is 14.7. The number of rotatable bonds is 6. The zero-order chi connectivity index (χ0) is 20.0. The minimum atomic E-state index is -4.72. The van der Waals surface area contributed by atoms with E-state index in [1.54, 1.807) is 6.92 Å². The summed E-state index contributed by atoms with van der Waals surface area (Å²) in [5, 5.41) is 2.67. The van der Waals surface area contributed by atoms with Gasteiger partial charge in [0.05, 0.1) is 27.5 Å². The first-order valence-electron chi connectivity index (χ1n) is 8.51. The number of benzene rings is 1. The molecule has 9 heteroatoms. The lowest BCUT2D eigenvalue weighted by Crippen LogP contribution is -2.21. The average Bonchev–Trinajstić information content (AvgIpc) is 3.35. The molecule has 1 aliphatic carbocycles. The highest BCUT2D eigenvalue weighted by molar-refractivity contribution is 7.92. The maximum Gasteiger partial charge on any atom is 0.416 e. The van der Waals surface area contributed by atoms with Crippen molar-refractivity contribution in [1.29, 1.82) is 0 Å². The topological polar surface area (TPSA) is 77.2 Å². The molecule has 1 heterocycles. The van der Waals surface area contributed by atoms with Crippen LogP contribution in [0.4, 0.5) is 13.2 Å². The predicted molar refractivity (Wildman–Crippen MR) is 90.3 cm³/mol. The molecule has 3 rings (SSSR count). The number of alkyl halides is 3. The van der Waals surface area contributed by atoms with Gasteiger partial charge in [-0.05, 0) is 44.4 Å². The molecule has 1 unspecified atom stereocenters. The van der Waals surface area contributed by atoms with Gasteiger partial charge in [-0.3, -0.25) is 4.79 Å². The summed E-state index contributed by atoms with van der Waals surface area (Å²) in [4.78, 5) is 12.3. The van der Waals surface area contributed by atoms with Gasteiger partial charge in [0, 0.05) is 11.5 Å². The zero-order valence-corrected chi connectivity index (χ0v) is 15.5. The molecule has 0 amide bonds. The third-order valence-electron chi connectivity index (χ3n) is 4.76. The SMILES string of the molecule is CCC(C)S(=O)(=O)c1cc(C(F)(F)F)ccc1C(=O)c1cnoc1C1CC1. The van der Waals surface area contributed by atoms with Crippen molar-refractivity contribution in [3.63, 3.8) is 0 Å². The second-order valence-corrected chi connectivity index (χ2v) is 9.01. The molecule has 0 saturated heterocycles. The van der Waals surface area contributed by atoms with Gasteiger partial charge in [-0.15, -0.1) is 0 Å². The van der Waals surface area contributed by atoms with Gasteiger partial charge in [-0.25, -0.2) is 8.42 Å². The van der Waals surface area contributed by atoms with E-state index in [-0.39, 0.29) is 23.5 Å². The van der Waals surface area contributed by atoms with Gasteiger partial charge in [-0.2, -0.15) is 13.2 Å². The Morgan fingerprint density at radius 1 is 1.30 bits per heavy atom. The highest BCUT2D eigenvalue weighted by Gasteiger charge is 2.37. The number of sulfone groups is 1. The highest BCUT2D eigenvalue weighted by Crippen LogP contribution is 2.42. The molecule has 5 nitrogen and oxygen atoms in total. The molecule has 2 aromatic rings. The third-order valence-corrected chi connectivity index (χ3v) is 7.10. The van der Waals surface area contributed by atoms with E-state index in [0.29, 0.717) is 17.9 Å². The number of hydrogen-bond acceptors (Lipinski definition) is 5. The van der Waals surface area contributed by atoms with Crippen LogP contribution in [0.3, 0.4) is 0 Å². The Hall–Kier alpha value is -2.16. The number of carbonyl (C=O) groups is 1. The monoisotopic (exact) mass is 401 g/mol. The molecule has 0 bridgehead atoms. The van der Waals surface area contributed by atoms with Crippen LogP contribution in [0.25, 0.3) is 0 Å². The van der Waals surface area contributed by atoms with Crippen LogP contribution in [-0.4, -0.2) is 24.6 Å². The minimum absolute atomic E-state index is 0.0375. The Bertz CT molecular complexity index is 975. The van der Waals surface area contributed by atoms with Gasteiger partial charge >= 0.3 is 6.18 Å². The standard InChI is InChI=1S/C18H18F3NO4S/c1-3-10(2)27(24,25)15-8-12(18(19,20)21)6-7-13(15)16(23)14-9-22-26-17(14)11-4-5-11/h6-11H,3-5H2,1-2H3. The van der Waals surface area contributed by atoms with Crippen molar-refractivity contribution >= 4 is 15.6 Å². The van der Waals surface area contributed by atoms with Crippen molar-refractivity contribution in [2.45, 2.75) is 55.3 Å². The Morgan fingerprint density at radius 3 is 2.52 bits per heavy atom. The van der Waals surface area contributed by atoms with Crippen LogP contribution in [-0.2, 0) is 16.0 Å². The van der Waals surface area contributed by atoms with E-state index in [1.165, 1.54) is 13.1 Å². The van der Waals surface area contributed by atoms with Gasteiger partial charge in [0.2, 0.25) is 0 Å². The predicted octanol–water partition coefficient (Wildman–Crippen LogP) is 4.37. The van der Waals surface area contributed by atoms with Crippen molar-refractivity contribution in [2.24, 2.45) is 0 Å². The maximum absolute atomic E-state index is 13.1. The molecule has 0 radical (unpaired) electrons. The molecule has 1 saturated carbocycles. The summed E-state index contributed by atoms with van der Waals surface area (Å²) >= 11 is 0. The van der Waals surface area contributed by atoms with E-state index in [4.69, 9.17) is 4.52 Å². The summed E-state index contributed by atoms with van der Waals surface area (Å²) < 4.78 is 70.1. The molecule has 0 aliphatic heterocycles. The molecular formula is C18H18F3NO4S. The van der Waals surface area contributed by atoms with E-state index in [9.17, 15) is 26.4 Å². The Balaban J connectivity index is 2.17.